The van der Waals surface area contributed by atoms with Crippen molar-refractivity contribution in [3.63, 3.8) is 0 Å². The van der Waals surface area contributed by atoms with Gasteiger partial charge in [-0.25, -0.2) is 9.78 Å². The number of pyridine rings is 2. The fourth-order valence-electron chi connectivity index (χ4n) is 6.06. The smallest absolute Gasteiger partial charge is 0.410 e. The highest BCUT2D eigenvalue weighted by Crippen LogP contribution is 2.28. The Morgan fingerprint density at radius 1 is 1.00 bits per heavy atom. The average Bonchev–Trinajstić information content (AvgIpc) is 3.06. The Morgan fingerprint density at radius 2 is 1.76 bits per heavy atom. The number of hydrogen-bond donors (Lipinski definition) is 2. The van der Waals surface area contributed by atoms with E-state index in [2.05, 4.69) is 38.7 Å². The van der Waals surface area contributed by atoms with Gasteiger partial charge in [-0.2, -0.15) is 0 Å². The predicted octanol–water partition coefficient (Wildman–Crippen LogP) is 5.86. The molecule has 2 aliphatic rings. The largest absolute Gasteiger partial charge is 0.444 e. The Hall–Kier alpha value is -3.76. The molecule has 2 N–H and O–H groups in total. The van der Waals surface area contributed by atoms with Crippen LogP contribution in [0, 0.1) is 5.92 Å². The van der Waals surface area contributed by atoms with Gasteiger partial charge in [0.1, 0.15) is 12.2 Å². The minimum absolute atomic E-state index is 0.00552. The van der Waals surface area contributed by atoms with E-state index in [1.165, 1.54) is 32.4 Å². The minimum atomic E-state index is -0.496. The van der Waals surface area contributed by atoms with Crippen LogP contribution in [0.3, 0.4) is 0 Å². The molecule has 5 rings (SSSR count). The zero-order valence-corrected chi connectivity index (χ0v) is 27.7. The van der Waals surface area contributed by atoms with Gasteiger partial charge in [0.15, 0.2) is 0 Å². The van der Waals surface area contributed by atoms with Gasteiger partial charge in [-0.05, 0) is 96.1 Å². The lowest BCUT2D eigenvalue weighted by Gasteiger charge is -2.33. The first kappa shape index (κ1) is 33.6. The van der Waals surface area contributed by atoms with E-state index in [0.717, 1.165) is 65.8 Å². The fraction of sp³-hybridized carbons (Fsp3) is 0.556. The van der Waals surface area contributed by atoms with Gasteiger partial charge in [-0.1, -0.05) is 30.7 Å². The van der Waals surface area contributed by atoms with Gasteiger partial charge < -0.3 is 29.9 Å². The van der Waals surface area contributed by atoms with Crippen LogP contribution in [0.4, 0.5) is 10.5 Å². The zero-order chi connectivity index (χ0) is 32.4. The zero-order valence-electron chi connectivity index (χ0n) is 27.7. The Bertz CT molecular complexity index is 1430. The summed E-state index contributed by atoms with van der Waals surface area (Å²) in [6, 6.07) is 12.2. The monoisotopic (exact) mass is 630 g/mol. The molecular weight excluding hydrogens is 580 g/mol. The number of carbonyl (C=O) groups is 2. The van der Waals surface area contributed by atoms with Crippen LogP contribution in [0.5, 0.6) is 0 Å². The number of anilines is 1. The molecule has 10 heteroatoms. The molecule has 2 aliphatic heterocycles. The van der Waals surface area contributed by atoms with Gasteiger partial charge in [-0.3, -0.25) is 9.78 Å². The second-order valence-corrected chi connectivity index (χ2v) is 13.5. The summed E-state index contributed by atoms with van der Waals surface area (Å²) in [6.07, 6.45) is 10.2. The molecule has 3 aromatic rings. The maximum Gasteiger partial charge on any atom is 0.410 e. The maximum absolute atomic E-state index is 12.4. The molecule has 2 amide bonds. The van der Waals surface area contributed by atoms with Crippen LogP contribution in [0.2, 0.25) is 0 Å². The molecule has 10 nitrogen and oxygen atoms in total. The molecule has 0 unspecified atom stereocenters. The molecule has 46 heavy (non-hydrogen) atoms. The van der Waals surface area contributed by atoms with Crippen molar-refractivity contribution in [1.29, 1.82) is 0 Å². The topological polar surface area (TPSA) is 109 Å². The standard InChI is InChI=1S/C36H50N6O4/c1-36(2,3)46-35(44)42-20-13-27(14-21-42)23-39-34(43)26-45-25-28-8-10-29(11-9-28)32-22-33(30-24-37-16-12-31(30)40-32)38-15-7-19-41-17-5-4-6-18-41/h8-12,16,22,24,27H,4-7,13-15,17-21,23,25-26H2,1-3H3,(H,38,40)(H,39,43). The van der Waals surface area contributed by atoms with Gasteiger partial charge in [0.05, 0.1) is 17.8 Å². The van der Waals surface area contributed by atoms with E-state index in [1.807, 2.05) is 45.2 Å². The van der Waals surface area contributed by atoms with E-state index >= 15 is 0 Å². The van der Waals surface area contributed by atoms with E-state index in [9.17, 15) is 9.59 Å². The van der Waals surface area contributed by atoms with Crippen LogP contribution in [-0.2, 0) is 20.9 Å². The minimum Gasteiger partial charge on any atom is -0.444 e. The molecule has 0 bridgehead atoms. The lowest BCUT2D eigenvalue weighted by atomic mass is 9.97. The van der Waals surface area contributed by atoms with Crippen molar-refractivity contribution in [1.82, 2.24) is 25.1 Å². The van der Waals surface area contributed by atoms with Gasteiger partial charge in [0.2, 0.25) is 5.91 Å². The Balaban J connectivity index is 1.05. The summed E-state index contributed by atoms with van der Waals surface area (Å²) in [4.78, 5) is 38.3. The third-order valence-corrected chi connectivity index (χ3v) is 8.63. The summed E-state index contributed by atoms with van der Waals surface area (Å²) >= 11 is 0. The highest BCUT2D eigenvalue weighted by atomic mass is 16.6. The molecule has 0 atom stereocenters. The van der Waals surface area contributed by atoms with Gasteiger partial charge in [-0.15, -0.1) is 0 Å². The summed E-state index contributed by atoms with van der Waals surface area (Å²) in [6.45, 7) is 12.3. The molecule has 1 aromatic carbocycles. The number of hydrogen-bond acceptors (Lipinski definition) is 8. The fourth-order valence-corrected chi connectivity index (χ4v) is 6.06. The molecule has 0 aliphatic carbocycles. The lowest BCUT2D eigenvalue weighted by Crippen LogP contribution is -2.44. The number of rotatable bonds is 12. The summed E-state index contributed by atoms with van der Waals surface area (Å²) in [7, 11) is 0. The second kappa shape index (κ2) is 16.2. The number of likely N-dealkylation sites (tertiary alicyclic amines) is 2. The summed E-state index contributed by atoms with van der Waals surface area (Å²) in [5, 5.41) is 7.66. The van der Waals surface area contributed by atoms with E-state index in [0.29, 0.717) is 32.2 Å². The number of ether oxygens (including phenoxy) is 2. The molecule has 248 valence electrons. The number of nitrogens with zero attached hydrogens (tertiary/aromatic N) is 4. The molecule has 4 heterocycles. The maximum atomic E-state index is 12.4. The highest BCUT2D eigenvalue weighted by Gasteiger charge is 2.27. The number of carbonyl (C=O) groups excluding carboxylic acids is 2. The van der Waals surface area contributed by atoms with Crippen LogP contribution in [0.25, 0.3) is 22.2 Å². The molecule has 0 spiro atoms. The van der Waals surface area contributed by atoms with Gasteiger partial charge >= 0.3 is 6.09 Å². The van der Waals surface area contributed by atoms with E-state index in [-0.39, 0.29) is 18.6 Å². The van der Waals surface area contributed by atoms with E-state index < -0.39 is 5.60 Å². The Labute approximate surface area is 273 Å². The molecule has 2 fully saturated rings. The van der Waals surface area contributed by atoms with Crippen molar-refractivity contribution in [2.75, 3.05) is 57.7 Å². The summed E-state index contributed by atoms with van der Waals surface area (Å²) < 4.78 is 11.2. The van der Waals surface area contributed by atoms with Crippen LogP contribution >= 0.6 is 0 Å². The second-order valence-electron chi connectivity index (χ2n) is 13.5. The Morgan fingerprint density at radius 3 is 2.50 bits per heavy atom. The number of piperidine rings is 2. The lowest BCUT2D eigenvalue weighted by molar-refractivity contribution is -0.126. The number of amides is 2. The molecule has 2 saturated heterocycles. The predicted molar refractivity (Wildman–Crippen MR) is 182 cm³/mol. The quantitative estimate of drug-likeness (QED) is 0.240. The first-order valence-electron chi connectivity index (χ1n) is 16.9. The SMILES string of the molecule is CC(C)(C)OC(=O)N1CCC(CNC(=O)COCc2ccc(-c3cc(NCCCN4CCCCC4)c4cnccc4n3)cc2)CC1. The molecule has 0 radical (unpaired) electrons. The number of benzene rings is 1. The Kier molecular flexibility index (Phi) is 11.8. The highest BCUT2D eigenvalue weighted by molar-refractivity contribution is 5.93. The molecular formula is C36H50N6O4. The third kappa shape index (κ3) is 10.1. The van der Waals surface area contributed by atoms with Gasteiger partial charge in [0.25, 0.3) is 0 Å². The van der Waals surface area contributed by atoms with E-state index in [4.69, 9.17) is 14.5 Å². The molecule has 2 aromatic heterocycles. The van der Waals surface area contributed by atoms with Crippen molar-refractivity contribution in [2.45, 2.75) is 71.5 Å². The van der Waals surface area contributed by atoms with Crippen molar-refractivity contribution in [3.8, 4) is 11.3 Å². The van der Waals surface area contributed by atoms with Gasteiger partial charge in [0, 0.05) is 55.2 Å². The van der Waals surface area contributed by atoms with Crippen molar-refractivity contribution >= 4 is 28.6 Å². The van der Waals surface area contributed by atoms with Crippen LogP contribution in [0.15, 0.2) is 48.8 Å². The number of fused-ring (bicyclic) bond motifs is 1. The average molecular weight is 631 g/mol. The first-order valence-corrected chi connectivity index (χ1v) is 16.9. The van der Waals surface area contributed by atoms with Crippen LogP contribution in [0.1, 0.15) is 64.9 Å². The number of nitrogens with one attached hydrogen (secondary N) is 2. The number of aromatic nitrogens is 2. The summed E-state index contributed by atoms with van der Waals surface area (Å²) in [5.74, 6) is 0.211. The van der Waals surface area contributed by atoms with Crippen LogP contribution < -0.4 is 10.6 Å². The van der Waals surface area contributed by atoms with Crippen molar-refractivity contribution in [3.05, 3.63) is 54.4 Å². The summed E-state index contributed by atoms with van der Waals surface area (Å²) in [5.41, 5.74) is 4.39. The van der Waals surface area contributed by atoms with Crippen molar-refractivity contribution in [2.24, 2.45) is 5.92 Å². The molecule has 0 saturated carbocycles. The van der Waals surface area contributed by atoms with Crippen molar-refractivity contribution < 1.29 is 19.1 Å². The normalized spacial score (nSPS) is 16.4. The van der Waals surface area contributed by atoms with Crippen LogP contribution in [-0.4, -0.2) is 89.8 Å². The third-order valence-electron chi connectivity index (χ3n) is 8.63. The first-order chi connectivity index (χ1) is 22.2. The van der Waals surface area contributed by atoms with E-state index in [1.54, 1.807) is 11.1 Å².